The van der Waals surface area contributed by atoms with Crippen LogP contribution in [-0.2, 0) is 11.3 Å². The largest absolute Gasteiger partial charge is 0.477 e. The maximum Gasteiger partial charge on any atom is 0.345 e. The van der Waals surface area contributed by atoms with Gasteiger partial charge in [0.1, 0.15) is 4.88 Å². The van der Waals surface area contributed by atoms with Gasteiger partial charge in [0.05, 0.1) is 6.54 Å². The Hall–Kier alpha value is -1.36. The first kappa shape index (κ1) is 15.0. The van der Waals surface area contributed by atoms with Crippen LogP contribution in [0.5, 0.6) is 0 Å². The van der Waals surface area contributed by atoms with Crippen LogP contribution in [-0.4, -0.2) is 28.4 Å². The molecular formula is C15H21NO3S. The quantitative estimate of drug-likeness (QED) is 0.927. The van der Waals surface area contributed by atoms with Crippen molar-refractivity contribution in [3.63, 3.8) is 0 Å². The van der Waals surface area contributed by atoms with E-state index in [1.165, 1.54) is 11.3 Å². The van der Waals surface area contributed by atoms with Crippen LogP contribution in [0.4, 0.5) is 0 Å². The molecule has 20 heavy (non-hydrogen) atoms. The number of carbonyl (C=O) groups excluding carboxylic acids is 1. The van der Waals surface area contributed by atoms with E-state index in [0.717, 1.165) is 24.3 Å². The fraction of sp³-hybridized carbons (Fsp3) is 0.600. The molecule has 0 bridgehead atoms. The molecule has 2 heterocycles. The molecule has 0 radical (unpaired) electrons. The van der Waals surface area contributed by atoms with Crippen LogP contribution < -0.4 is 0 Å². The van der Waals surface area contributed by atoms with E-state index in [2.05, 4.69) is 13.8 Å². The number of rotatable bonds is 4. The number of hydrogen-bond acceptors (Lipinski definition) is 3. The Morgan fingerprint density at radius 2 is 2.20 bits per heavy atom. The molecule has 0 aliphatic carbocycles. The Morgan fingerprint density at radius 3 is 2.80 bits per heavy atom. The molecule has 1 atom stereocenters. The minimum Gasteiger partial charge on any atom is -0.477 e. The van der Waals surface area contributed by atoms with Crippen LogP contribution in [0.1, 0.15) is 47.7 Å². The molecule has 1 saturated heterocycles. The number of hydrogen-bond donors (Lipinski definition) is 1. The average molecular weight is 295 g/mol. The Kier molecular flexibility index (Phi) is 4.81. The minimum atomic E-state index is -0.900. The van der Waals surface area contributed by atoms with Crippen molar-refractivity contribution in [2.45, 2.75) is 39.7 Å². The molecule has 1 fully saturated rings. The number of thiophene rings is 1. The summed E-state index contributed by atoms with van der Waals surface area (Å²) in [6.45, 7) is 5.75. The lowest BCUT2D eigenvalue weighted by atomic mass is 9.89. The van der Waals surface area contributed by atoms with Gasteiger partial charge in [0.15, 0.2) is 0 Å². The van der Waals surface area contributed by atoms with E-state index >= 15 is 0 Å². The van der Waals surface area contributed by atoms with Crippen molar-refractivity contribution >= 4 is 23.2 Å². The Morgan fingerprint density at radius 1 is 1.45 bits per heavy atom. The molecule has 1 aromatic heterocycles. The van der Waals surface area contributed by atoms with Gasteiger partial charge in [0, 0.05) is 17.8 Å². The predicted molar refractivity (Wildman–Crippen MR) is 78.9 cm³/mol. The van der Waals surface area contributed by atoms with Gasteiger partial charge in [-0.25, -0.2) is 4.79 Å². The van der Waals surface area contributed by atoms with E-state index in [0.29, 0.717) is 29.7 Å². The van der Waals surface area contributed by atoms with Gasteiger partial charge in [-0.2, -0.15) is 0 Å². The van der Waals surface area contributed by atoms with Crippen LogP contribution in [0.3, 0.4) is 0 Å². The number of nitrogens with zero attached hydrogens (tertiary/aromatic N) is 1. The normalized spacial score (nSPS) is 20.2. The molecule has 1 aromatic rings. The van der Waals surface area contributed by atoms with Crippen LogP contribution in [0.2, 0.25) is 0 Å². The van der Waals surface area contributed by atoms with Crippen molar-refractivity contribution in [3.05, 3.63) is 21.9 Å². The summed E-state index contributed by atoms with van der Waals surface area (Å²) in [5, 5.41) is 8.93. The van der Waals surface area contributed by atoms with E-state index in [1.807, 2.05) is 11.0 Å². The van der Waals surface area contributed by atoms with E-state index < -0.39 is 5.97 Å². The lowest BCUT2D eigenvalue weighted by molar-refractivity contribution is -0.131. The molecule has 0 aromatic carbocycles. The van der Waals surface area contributed by atoms with Gasteiger partial charge >= 0.3 is 5.97 Å². The number of carboxylic acids is 1. The monoisotopic (exact) mass is 295 g/mol. The van der Waals surface area contributed by atoms with E-state index in [9.17, 15) is 9.59 Å². The summed E-state index contributed by atoms with van der Waals surface area (Å²) >= 11 is 1.26. The van der Waals surface area contributed by atoms with Crippen molar-refractivity contribution < 1.29 is 14.7 Å². The van der Waals surface area contributed by atoms with Gasteiger partial charge in [-0.15, -0.1) is 11.3 Å². The summed E-state index contributed by atoms with van der Waals surface area (Å²) in [5.74, 6) is 0.520. The van der Waals surface area contributed by atoms with Gasteiger partial charge in [-0.05, 0) is 36.8 Å². The van der Waals surface area contributed by atoms with Crippen LogP contribution in [0, 0.1) is 11.8 Å². The molecule has 1 aliphatic heterocycles. The third-order valence-electron chi connectivity index (χ3n) is 4.01. The lowest BCUT2D eigenvalue weighted by Crippen LogP contribution is -2.29. The zero-order chi connectivity index (χ0) is 14.7. The molecule has 1 N–H and O–H groups in total. The first-order valence-electron chi connectivity index (χ1n) is 7.07. The van der Waals surface area contributed by atoms with Crippen molar-refractivity contribution in [1.82, 2.24) is 4.90 Å². The number of amides is 1. The lowest BCUT2D eigenvalue weighted by Gasteiger charge is -2.21. The highest BCUT2D eigenvalue weighted by Gasteiger charge is 2.24. The molecule has 2 rings (SSSR count). The molecule has 1 aliphatic rings. The maximum absolute atomic E-state index is 12.1. The summed E-state index contributed by atoms with van der Waals surface area (Å²) in [6.07, 6.45) is 2.62. The molecule has 0 spiro atoms. The third kappa shape index (κ3) is 3.60. The van der Waals surface area contributed by atoms with Crippen LogP contribution >= 0.6 is 11.3 Å². The first-order chi connectivity index (χ1) is 9.47. The zero-order valence-electron chi connectivity index (χ0n) is 12.0. The molecule has 110 valence electrons. The summed E-state index contributed by atoms with van der Waals surface area (Å²) in [6, 6.07) is 3.42. The fourth-order valence-corrected chi connectivity index (χ4v) is 3.52. The number of likely N-dealkylation sites (tertiary alicyclic amines) is 1. The standard InChI is InChI=1S/C15H21NO3S/c1-10(2)11-3-6-14(17)16(8-7-11)9-12-4-5-13(20-12)15(18)19/h4-5,10-11H,3,6-9H2,1-2H3,(H,18,19). The number of aromatic carboxylic acids is 1. The first-order valence-corrected chi connectivity index (χ1v) is 7.88. The number of carbonyl (C=O) groups is 2. The van der Waals surface area contributed by atoms with Gasteiger partial charge < -0.3 is 10.0 Å². The summed E-state index contributed by atoms with van der Waals surface area (Å²) in [7, 11) is 0. The predicted octanol–water partition coefficient (Wildman–Crippen LogP) is 3.23. The smallest absolute Gasteiger partial charge is 0.345 e. The Bertz CT molecular complexity index is 495. The van der Waals surface area contributed by atoms with Gasteiger partial charge in [-0.3, -0.25) is 4.79 Å². The van der Waals surface area contributed by atoms with Gasteiger partial charge in [-0.1, -0.05) is 13.8 Å². The Balaban J connectivity index is 2.00. The molecular weight excluding hydrogens is 274 g/mol. The summed E-state index contributed by atoms with van der Waals surface area (Å²) < 4.78 is 0. The minimum absolute atomic E-state index is 0.193. The second-order valence-electron chi connectivity index (χ2n) is 5.72. The average Bonchev–Trinajstić information content (AvgIpc) is 2.77. The van der Waals surface area contributed by atoms with Crippen LogP contribution in [0.15, 0.2) is 12.1 Å². The topological polar surface area (TPSA) is 57.6 Å². The van der Waals surface area contributed by atoms with Crippen molar-refractivity contribution in [2.75, 3.05) is 6.54 Å². The number of carboxylic acid groups (broad SMARTS) is 1. The SMILES string of the molecule is CC(C)C1CCC(=O)N(Cc2ccc(C(=O)O)s2)CC1. The van der Waals surface area contributed by atoms with Crippen molar-refractivity contribution in [3.8, 4) is 0 Å². The third-order valence-corrected chi connectivity index (χ3v) is 5.07. The van der Waals surface area contributed by atoms with Gasteiger partial charge in [0.2, 0.25) is 5.91 Å². The molecule has 0 saturated carbocycles. The van der Waals surface area contributed by atoms with E-state index in [-0.39, 0.29) is 5.91 Å². The fourth-order valence-electron chi connectivity index (χ4n) is 2.66. The molecule has 1 amide bonds. The van der Waals surface area contributed by atoms with E-state index in [1.54, 1.807) is 6.07 Å². The van der Waals surface area contributed by atoms with Gasteiger partial charge in [0.25, 0.3) is 0 Å². The van der Waals surface area contributed by atoms with E-state index in [4.69, 9.17) is 5.11 Å². The molecule has 1 unspecified atom stereocenters. The van der Waals surface area contributed by atoms with Crippen molar-refractivity contribution in [1.29, 1.82) is 0 Å². The molecule has 4 nitrogen and oxygen atoms in total. The Labute approximate surface area is 123 Å². The highest BCUT2D eigenvalue weighted by Crippen LogP contribution is 2.27. The highest BCUT2D eigenvalue weighted by molar-refractivity contribution is 7.13. The summed E-state index contributed by atoms with van der Waals surface area (Å²) in [4.78, 5) is 26.2. The second kappa shape index (κ2) is 6.39. The second-order valence-corrected chi connectivity index (χ2v) is 6.89. The maximum atomic E-state index is 12.1. The summed E-state index contributed by atoms with van der Waals surface area (Å²) in [5.41, 5.74) is 0. The highest BCUT2D eigenvalue weighted by atomic mass is 32.1. The molecule has 5 heteroatoms. The van der Waals surface area contributed by atoms with Crippen LogP contribution in [0.25, 0.3) is 0 Å². The van der Waals surface area contributed by atoms with Crippen molar-refractivity contribution in [2.24, 2.45) is 11.8 Å². The zero-order valence-corrected chi connectivity index (χ0v) is 12.8.